The highest BCUT2D eigenvalue weighted by atomic mass is 13.9. The fourth-order valence-electron chi connectivity index (χ4n) is 0.663. The molecule has 0 aromatic heterocycles. The van der Waals surface area contributed by atoms with Crippen molar-refractivity contribution in [1.82, 2.24) is 0 Å². The zero-order valence-electron chi connectivity index (χ0n) is 6.46. The molecule has 0 atom stereocenters. The predicted molar refractivity (Wildman–Crippen MR) is 45.8 cm³/mol. The Morgan fingerprint density at radius 2 is 1.20 bits per heavy atom. The predicted octanol–water partition coefficient (Wildman–Crippen LogP) is 2.55. The minimum atomic E-state index is 1.37. The standard InChI is InChI=1S/C8H10.C2H2/c1-7-5-3-4-6-8(7)2;1-2/h3-6H,1-2H3;1-2H. The Labute approximate surface area is 62.9 Å². The lowest BCUT2D eigenvalue weighted by Crippen LogP contribution is -1.74. The molecule has 1 aromatic carbocycles. The highest BCUT2D eigenvalue weighted by Crippen LogP contribution is 2.02. The number of terminal acetylenes is 1. The minimum absolute atomic E-state index is 1.37. The van der Waals surface area contributed by atoms with Crippen LogP contribution in [-0.2, 0) is 0 Å². The van der Waals surface area contributed by atoms with Crippen LogP contribution >= 0.6 is 0 Å². The fourth-order valence-corrected chi connectivity index (χ4v) is 0.663. The zero-order chi connectivity index (χ0) is 7.98. The summed E-state index contributed by atoms with van der Waals surface area (Å²) in [7, 11) is 0. The van der Waals surface area contributed by atoms with Crippen LogP contribution in [0.5, 0.6) is 0 Å². The molecule has 0 nitrogen and oxygen atoms in total. The van der Waals surface area contributed by atoms with E-state index in [0.717, 1.165) is 0 Å². The maximum Gasteiger partial charge on any atom is -0.0395 e. The van der Waals surface area contributed by atoms with Crippen LogP contribution in [0, 0.1) is 26.7 Å². The van der Waals surface area contributed by atoms with Crippen molar-refractivity contribution in [2.45, 2.75) is 13.8 Å². The molecule has 0 spiro atoms. The highest BCUT2D eigenvalue weighted by molar-refractivity contribution is 5.23. The maximum absolute atomic E-state index is 4.00. The van der Waals surface area contributed by atoms with E-state index in [-0.39, 0.29) is 0 Å². The molecule has 52 valence electrons. The monoisotopic (exact) mass is 132 g/mol. The van der Waals surface area contributed by atoms with Gasteiger partial charge in [0.1, 0.15) is 0 Å². The third kappa shape index (κ3) is 2.37. The first-order valence-corrected chi connectivity index (χ1v) is 3.16. The molecule has 0 bridgehead atoms. The van der Waals surface area contributed by atoms with E-state index in [2.05, 4.69) is 51.0 Å². The van der Waals surface area contributed by atoms with Crippen LogP contribution in [0.2, 0.25) is 0 Å². The summed E-state index contributed by atoms with van der Waals surface area (Å²) in [5.41, 5.74) is 2.74. The van der Waals surface area contributed by atoms with E-state index in [9.17, 15) is 0 Å². The van der Waals surface area contributed by atoms with Crippen molar-refractivity contribution in [2.75, 3.05) is 0 Å². The van der Waals surface area contributed by atoms with Crippen LogP contribution < -0.4 is 0 Å². The van der Waals surface area contributed by atoms with Gasteiger partial charge in [-0.15, -0.1) is 12.8 Å². The quantitative estimate of drug-likeness (QED) is 0.476. The van der Waals surface area contributed by atoms with Gasteiger partial charge < -0.3 is 0 Å². The lowest BCUT2D eigenvalue weighted by Gasteiger charge is -1.93. The number of rotatable bonds is 0. The largest absolute Gasteiger partial charge is 0.124 e. The van der Waals surface area contributed by atoms with Gasteiger partial charge in [-0.25, -0.2) is 0 Å². The van der Waals surface area contributed by atoms with Crippen LogP contribution in [0.15, 0.2) is 24.3 Å². The van der Waals surface area contributed by atoms with Crippen LogP contribution in [-0.4, -0.2) is 0 Å². The van der Waals surface area contributed by atoms with Gasteiger partial charge in [0.25, 0.3) is 0 Å². The lowest BCUT2D eigenvalue weighted by molar-refractivity contribution is 1.34. The van der Waals surface area contributed by atoms with Crippen LogP contribution in [0.3, 0.4) is 0 Å². The van der Waals surface area contributed by atoms with E-state index in [4.69, 9.17) is 0 Å². The van der Waals surface area contributed by atoms with Crippen molar-refractivity contribution in [3.63, 3.8) is 0 Å². The number of aryl methyl sites for hydroxylation is 2. The summed E-state index contributed by atoms with van der Waals surface area (Å²) in [5, 5.41) is 0. The average molecular weight is 132 g/mol. The lowest BCUT2D eigenvalue weighted by atomic mass is 10.1. The molecule has 1 aromatic rings. The molecular formula is C10H12. The van der Waals surface area contributed by atoms with Crippen molar-refractivity contribution < 1.29 is 0 Å². The Bertz CT molecular complexity index is 187. The van der Waals surface area contributed by atoms with Gasteiger partial charge in [-0.1, -0.05) is 24.3 Å². The maximum atomic E-state index is 4.00. The van der Waals surface area contributed by atoms with Crippen molar-refractivity contribution in [3.8, 4) is 12.8 Å². The Hall–Kier alpha value is -1.22. The van der Waals surface area contributed by atoms with Gasteiger partial charge in [-0.05, 0) is 25.0 Å². The van der Waals surface area contributed by atoms with Crippen molar-refractivity contribution in [1.29, 1.82) is 0 Å². The molecule has 0 heterocycles. The topological polar surface area (TPSA) is 0 Å². The first kappa shape index (κ1) is 8.78. The zero-order valence-corrected chi connectivity index (χ0v) is 6.46. The van der Waals surface area contributed by atoms with Crippen molar-refractivity contribution in [3.05, 3.63) is 35.4 Å². The fraction of sp³-hybridized carbons (Fsp3) is 0.200. The van der Waals surface area contributed by atoms with Gasteiger partial charge in [-0.2, -0.15) is 0 Å². The summed E-state index contributed by atoms with van der Waals surface area (Å²) >= 11 is 0. The third-order valence-electron chi connectivity index (χ3n) is 1.43. The molecule has 0 fully saturated rings. The van der Waals surface area contributed by atoms with Gasteiger partial charge in [0.05, 0.1) is 0 Å². The van der Waals surface area contributed by atoms with Gasteiger partial charge in [0.2, 0.25) is 0 Å². The van der Waals surface area contributed by atoms with Gasteiger partial charge in [0.15, 0.2) is 0 Å². The summed E-state index contributed by atoms with van der Waals surface area (Å²) in [6.45, 7) is 4.24. The second kappa shape index (κ2) is 4.64. The first-order valence-electron chi connectivity index (χ1n) is 3.16. The second-order valence-corrected chi connectivity index (χ2v) is 2.08. The number of hydrogen-bond donors (Lipinski definition) is 0. The Morgan fingerprint density at radius 1 is 0.900 bits per heavy atom. The molecule has 10 heavy (non-hydrogen) atoms. The SMILES string of the molecule is C#C.Cc1ccccc1C. The molecule has 0 amide bonds. The van der Waals surface area contributed by atoms with E-state index in [0.29, 0.717) is 0 Å². The van der Waals surface area contributed by atoms with Crippen LogP contribution in [0.25, 0.3) is 0 Å². The molecule has 0 radical (unpaired) electrons. The molecule has 0 unspecified atom stereocenters. The third-order valence-corrected chi connectivity index (χ3v) is 1.43. The van der Waals surface area contributed by atoms with Crippen LogP contribution in [0.4, 0.5) is 0 Å². The summed E-state index contributed by atoms with van der Waals surface area (Å²) in [5.74, 6) is 0. The van der Waals surface area contributed by atoms with E-state index in [1.807, 2.05) is 0 Å². The molecule has 0 saturated carbocycles. The van der Waals surface area contributed by atoms with E-state index in [1.54, 1.807) is 0 Å². The molecular weight excluding hydrogens is 120 g/mol. The molecule has 0 aliphatic carbocycles. The Balaban J connectivity index is 0.000000371. The molecule has 0 aliphatic heterocycles. The van der Waals surface area contributed by atoms with E-state index in [1.165, 1.54) is 11.1 Å². The van der Waals surface area contributed by atoms with Gasteiger partial charge in [-0.3, -0.25) is 0 Å². The summed E-state index contributed by atoms with van der Waals surface area (Å²) < 4.78 is 0. The van der Waals surface area contributed by atoms with Crippen molar-refractivity contribution >= 4 is 0 Å². The summed E-state index contributed by atoms with van der Waals surface area (Å²) in [4.78, 5) is 0. The van der Waals surface area contributed by atoms with Gasteiger partial charge in [0, 0.05) is 0 Å². The molecule has 0 N–H and O–H groups in total. The summed E-state index contributed by atoms with van der Waals surface area (Å²) in [6, 6.07) is 8.36. The molecule has 0 saturated heterocycles. The molecule has 0 aliphatic rings. The smallest absolute Gasteiger partial charge is 0.0395 e. The second-order valence-electron chi connectivity index (χ2n) is 2.08. The van der Waals surface area contributed by atoms with E-state index >= 15 is 0 Å². The Morgan fingerprint density at radius 3 is 1.40 bits per heavy atom. The normalized spacial score (nSPS) is 7.60. The minimum Gasteiger partial charge on any atom is -0.124 e. The highest BCUT2D eigenvalue weighted by Gasteiger charge is 1.83. The van der Waals surface area contributed by atoms with Gasteiger partial charge >= 0.3 is 0 Å². The number of benzene rings is 1. The molecule has 0 heteroatoms. The molecule has 1 rings (SSSR count). The Kier molecular flexibility index (Phi) is 4.07. The summed E-state index contributed by atoms with van der Waals surface area (Å²) in [6.07, 6.45) is 8.00. The number of hydrogen-bond acceptors (Lipinski definition) is 0. The van der Waals surface area contributed by atoms with Crippen molar-refractivity contribution in [2.24, 2.45) is 0 Å². The first-order chi connectivity index (χ1) is 4.80. The average Bonchev–Trinajstić information content (AvgIpc) is 2.00. The van der Waals surface area contributed by atoms with Crippen LogP contribution in [0.1, 0.15) is 11.1 Å². The van der Waals surface area contributed by atoms with E-state index < -0.39 is 0 Å².